The Labute approximate surface area is 226 Å². The van der Waals surface area contributed by atoms with Gasteiger partial charge in [0.1, 0.15) is 5.75 Å². The fourth-order valence-electron chi connectivity index (χ4n) is 3.75. The molecular weight excluding hydrogens is 524 g/mol. The predicted octanol–water partition coefficient (Wildman–Crippen LogP) is 5.55. The second kappa shape index (κ2) is 11.9. The molecule has 0 spiro atoms. The minimum Gasteiger partial charge on any atom is -0.484 e. The first-order valence-electron chi connectivity index (χ1n) is 11.6. The first kappa shape index (κ1) is 26.9. The number of ether oxygens (including phenoxy) is 1. The van der Waals surface area contributed by atoms with Crippen molar-refractivity contribution in [2.24, 2.45) is 0 Å². The van der Waals surface area contributed by atoms with Gasteiger partial charge in [0.25, 0.3) is 5.91 Å². The molecule has 38 heavy (non-hydrogen) atoms. The quantitative estimate of drug-likeness (QED) is 0.262. The van der Waals surface area contributed by atoms with Gasteiger partial charge in [-0.25, -0.2) is 8.42 Å². The van der Waals surface area contributed by atoms with Crippen LogP contribution >= 0.6 is 11.6 Å². The van der Waals surface area contributed by atoms with Gasteiger partial charge in [-0.2, -0.15) is 0 Å². The lowest BCUT2D eigenvalue weighted by Gasteiger charge is -2.22. The maximum atomic E-state index is 13.0. The van der Waals surface area contributed by atoms with E-state index in [0.29, 0.717) is 27.7 Å². The molecule has 0 aliphatic carbocycles. The van der Waals surface area contributed by atoms with Crippen LogP contribution in [0.1, 0.15) is 21.5 Å². The number of hydrogen-bond donors (Lipinski definition) is 1. The summed E-state index contributed by atoms with van der Waals surface area (Å²) in [6.45, 7) is -0.131. The van der Waals surface area contributed by atoms with Crippen molar-refractivity contribution in [1.29, 1.82) is 0 Å². The van der Waals surface area contributed by atoms with Crippen LogP contribution < -0.4 is 14.4 Å². The lowest BCUT2D eigenvalue weighted by atomic mass is 10.0. The molecular formula is C29H25ClN2O5S. The largest absolute Gasteiger partial charge is 0.484 e. The van der Waals surface area contributed by atoms with Crippen molar-refractivity contribution < 1.29 is 22.7 Å². The fourth-order valence-corrected chi connectivity index (χ4v) is 4.81. The molecule has 7 nitrogen and oxygen atoms in total. The fraction of sp³-hybridized carbons (Fsp3) is 0.103. The molecule has 4 aromatic rings. The highest BCUT2D eigenvalue weighted by molar-refractivity contribution is 7.92. The first-order chi connectivity index (χ1) is 18.2. The molecule has 4 rings (SSSR count). The van der Waals surface area contributed by atoms with Crippen molar-refractivity contribution in [3.05, 3.63) is 125 Å². The zero-order chi connectivity index (χ0) is 27.1. The summed E-state index contributed by atoms with van der Waals surface area (Å²) >= 11 is 6.10. The van der Waals surface area contributed by atoms with Gasteiger partial charge in [-0.15, -0.1) is 0 Å². The molecule has 0 atom stereocenters. The van der Waals surface area contributed by atoms with Crippen LogP contribution in [0.4, 0.5) is 11.4 Å². The molecule has 1 N–H and O–H groups in total. The van der Waals surface area contributed by atoms with Crippen LogP contribution in [0.3, 0.4) is 0 Å². The van der Waals surface area contributed by atoms with E-state index in [4.69, 9.17) is 16.3 Å². The van der Waals surface area contributed by atoms with E-state index in [1.807, 2.05) is 36.4 Å². The number of nitrogens with one attached hydrogen (secondary N) is 1. The van der Waals surface area contributed by atoms with Gasteiger partial charge < -0.3 is 10.1 Å². The molecule has 0 unspecified atom stereocenters. The molecule has 0 aliphatic rings. The van der Waals surface area contributed by atoms with E-state index in [2.05, 4.69) is 5.32 Å². The van der Waals surface area contributed by atoms with Crippen molar-refractivity contribution in [3.8, 4) is 5.75 Å². The number of benzene rings is 4. The molecule has 9 heteroatoms. The zero-order valence-corrected chi connectivity index (χ0v) is 22.1. The molecule has 0 bridgehead atoms. The topological polar surface area (TPSA) is 92.8 Å². The van der Waals surface area contributed by atoms with Crippen LogP contribution in [-0.4, -0.2) is 33.0 Å². The number of hydrogen-bond acceptors (Lipinski definition) is 5. The molecule has 0 fully saturated rings. The average Bonchev–Trinajstić information content (AvgIpc) is 2.92. The monoisotopic (exact) mass is 548 g/mol. The highest BCUT2D eigenvalue weighted by Crippen LogP contribution is 2.25. The minimum absolute atomic E-state index is 0.188. The molecule has 1 amide bonds. The highest BCUT2D eigenvalue weighted by Gasteiger charge is 2.19. The summed E-state index contributed by atoms with van der Waals surface area (Å²) in [6.07, 6.45) is 1.15. The highest BCUT2D eigenvalue weighted by atomic mass is 35.5. The molecule has 0 aliphatic heterocycles. The Hall–Kier alpha value is -4.14. The molecule has 0 saturated carbocycles. The Kier molecular flexibility index (Phi) is 8.45. The number of anilines is 2. The summed E-state index contributed by atoms with van der Waals surface area (Å²) < 4.78 is 31.7. The molecule has 0 radical (unpaired) electrons. The van der Waals surface area contributed by atoms with Crippen LogP contribution in [0.25, 0.3) is 0 Å². The van der Waals surface area contributed by atoms with Crippen LogP contribution in [0, 0.1) is 0 Å². The molecule has 194 valence electrons. The molecule has 0 heterocycles. The average molecular weight is 549 g/mol. The third-order valence-corrected chi connectivity index (χ3v) is 6.98. The number of amides is 1. The van der Waals surface area contributed by atoms with Gasteiger partial charge in [0.15, 0.2) is 12.4 Å². The van der Waals surface area contributed by atoms with Gasteiger partial charge in [0, 0.05) is 16.1 Å². The van der Waals surface area contributed by atoms with Gasteiger partial charge in [-0.3, -0.25) is 13.9 Å². The lowest BCUT2D eigenvalue weighted by Crippen LogP contribution is -2.29. The third kappa shape index (κ3) is 7.00. The second-order valence-electron chi connectivity index (χ2n) is 8.47. The third-order valence-electron chi connectivity index (χ3n) is 5.60. The van der Waals surface area contributed by atoms with E-state index in [0.717, 1.165) is 11.8 Å². The zero-order valence-electron chi connectivity index (χ0n) is 20.5. The van der Waals surface area contributed by atoms with Gasteiger partial charge in [-0.05, 0) is 48.0 Å². The summed E-state index contributed by atoms with van der Waals surface area (Å²) in [7, 11) is -3.53. The van der Waals surface area contributed by atoms with Crippen molar-refractivity contribution >= 4 is 44.7 Å². The minimum atomic E-state index is -3.53. The van der Waals surface area contributed by atoms with Gasteiger partial charge >= 0.3 is 0 Å². The SMILES string of the molecule is CS(=O)(=O)N(Cc1ccccc1)c1ccc(OCC(=O)Nc2ccc(Cl)cc2C(=O)c2ccccc2)cc1. The Morgan fingerprint density at radius 2 is 1.50 bits per heavy atom. The van der Waals surface area contributed by atoms with Crippen LogP contribution in [-0.2, 0) is 21.4 Å². The van der Waals surface area contributed by atoms with Crippen molar-refractivity contribution in [1.82, 2.24) is 0 Å². The van der Waals surface area contributed by atoms with E-state index in [9.17, 15) is 18.0 Å². The van der Waals surface area contributed by atoms with Crippen LogP contribution in [0.15, 0.2) is 103 Å². The van der Waals surface area contributed by atoms with E-state index in [1.54, 1.807) is 60.7 Å². The van der Waals surface area contributed by atoms with E-state index in [1.165, 1.54) is 10.4 Å². The first-order valence-corrected chi connectivity index (χ1v) is 13.9. The van der Waals surface area contributed by atoms with Crippen molar-refractivity contribution in [2.75, 3.05) is 22.5 Å². The standard InChI is InChI=1S/C29H25ClN2O5S/c1-38(35,36)32(19-21-8-4-2-5-9-21)24-13-15-25(16-14-24)37-20-28(33)31-27-17-12-23(30)18-26(27)29(34)22-10-6-3-7-11-22/h2-18H,19-20H2,1H3,(H,31,33). The van der Waals surface area contributed by atoms with Crippen molar-refractivity contribution in [2.45, 2.75) is 6.54 Å². The summed E-state index contributed by atoms with van der Waals surface area (Å²) in [6, 6.07) is 29.1. The van der Waals surface area contributed by atoms with Crippen molar-refractivity contribution in [3.63, 3.8) is 0 Å². The number of ketones is 1. The van der Waals surface area contributed by atoms with E-state index < -0.39 is 15.9 Å². The number of nitrogens with zero attached hydrogens (tertiary/aromatic N) is 1. The molecule has 0 aromatic heterocycles. The second-order valence-corrected chi connectivity index (χ2v) is 10.8. The van der Waals surface area contributed by atoms with Gasteiger partial charge in [-0.1, -0.05) is 72.3 Å². The summed E-state index contributed by atoms with van der Waals surface area (Å²) in [5, 5.41) is 3.07. The van der Waals surface area contributed by atoms with Crippen LogP contribution in [0.2, 0.25) is 5.02 Å². The maximum Gasteiger partial charge on any atom is 0.262 e. The summed E-state index contributed by atoms with van der Waals surface area (Å²) in [5.74, 6) is -0.361. The number of sulfonamides is 1. The Morgan fingerprint density at radius 1 is 0.868 bits per heavy atom. The molecule has 0 saturated heterocycles. The van der Waals surface area contributed by atoms with Gasteiger partial charge in [0.05, 0.1) is 24.2 Å². The Morgan fingerprint density at radius 3 is 2.13 bits per heavy atom. The van der Waals surface area contributed by atoms with Crippen LogP contribution in [0.5, 0.6) is 5.75 Å². The number of rotatable bonds is 10. The smallest absolute Gasteiger partial charge is 0.262 e. The lowest BCUT2D eigenvalue weighted by molar-refractivity contribution is -0.118. The summed E-state index contributed by atoms with van der Waals surface area (Å²) in [5.41, 5.74) is 2.37. The predicted molar refractivity (Wildman–Crippen MR) is 149 cm³/mol. The van der Waals surface area contributed by atoms with Gasteiger partial charge in [0.2, 0.25) is 10.0 Å². The Balaban J connectivity index is 1.42. The normalized spacial score (nSPS) is 11.0. The van der Waals surface area contributed by atoms with E-state index >= 15 is 0 Å². The summed E-state index contributed by atoms with van der Waals surface area (Å²) in [4.78, 5) is 25.6. The molecule has 4 aromatic carbocycles. The number of carbonyl (C=O) groups excluding carboxylic acids is 2. The van der Waals surface area contributed by atoms with E-state index in [-0.39, 0.29) is 24.5 Å². The number of carbonyl (C=O) groups is 2. The maximum absolute atomic E-state index is 13.0. The number of halogens is 1. The Bertz CT molecular complexity index is 1530.